The fourth-order valence-electron chi connectivity index (χ4n) is 3.71. The van der Waals surface area contributed by atoms with E-state index in [2.05, 4.69) is 106 Å². The standard InChI is InChI=1S/C26H27NSi/c1-18-11-12-21(15-19(18)2)24-14-13-22-16-26(28(3,4)5)23(17-25(22)27-24)20-9-7-6-8-10-20/h6-17H,1-5H3. The fraction of sp³-hybridized carbons (Fsp3) is 0.192. The third-order valence-electron chi connectivity index (χ3n) is 5.52. The van der Waals surface area contributed by atoms with Gasteiger partial charge in [0.25, 0.3) is 0 Å². The van der Waals surface area contributed by atoms with Crippen molar-refractivity contribution in [2.45, 2.75) is 33.5 Å². The molecule has 0 amide bonds. The van der Waals surface area contributed by atoms with Crippen LogP contribution in [0.25, 0.3) is 33.3 Å². The maximum atomic E-state index is 5.04. The number of hydrogen-bond donors (Lipinski definition) is 0. The van der Waals surface area contributed by atoms with Crippen LogP contribution in [0.5, 0.6) is 0 Å². The van der Waals surface area contributed by atoms with Crippen LogP contribution in [0, 0.1) is 13.8 Å². The van der Waals surface area contributed by atoms with E-state index in [1.165, 1.54) is 38.4 Å². The molecule has 28 heavy (non-hydrogen) atoms. The molecule has 0 bridgehead atoms. The summed E-state index contributed by atoms with van der Waals surface area (Å²) in [5.41, 5.74) is 8.51. The van der Waals surface area contributed by atoms with Crippen LogP contribution in [-0.4, -0.2) is 13.1 Å². The van der Waals surface area contributed by atoms with Crippen LogP contribution in [0.4, 0.5) is 0 Å². The normalized spacial score (nSPS) is 11.8. The number of aromatic nitrogens is 1. The van der Waals surface area contributed by atoms with Gasteiger partial charge in [0.15, 0.2) is 0 Å². The number of rotatable bonds is 3. The first-order chi connectivity index (χ1) is 13.3. The van der Waals surface area contributed by atoms with Gasteiger partial charge in [-0.3, -0.25) is 0 Å². The second-order valence-electron chi connectivity index (χ2n) is 8.70. The summed E-state index contributed by atoms with van der Waals surface area (Å²) < 4.78 is 0. The summed E-state index contributed by atoms with van der Waals surface area (Å²) in [5, 5.41) is 2.72. The first kappa shape index (κ1) is 18.6. The largest absolute Gasteiger partial charge is 0.248 e. The molecule has 0 fully saturated rings. The summed E-state index contributed by atoms with van der Waals surface area (Å²) in [7, 11) is -1.50. The Morgan fingerprint density at radius 1 is 0.679 bits per heavy atom. The van der Waals surface area contributed by atoms with Crippen LogP contribution in [0.15, 0.2) is 72.8 Å². The Morgan fingerprint density at radius 2 is 1.43 bits per heavy atom. The van der Waals surface area contributed by atoms with Crippen molar-refractivity contribution in [1.29, 1.82) is 0 Å². The Morgan fingerprint density at radius 3 is 2.11 bits per heavy atom. The van der Waals surface area contributed by atoms with Crippen molar-refractivity contribution >= 4 is 24.2 Å². The lowest BCUT2D eigenvalue weighted by molar-refractivity contribution is 1.32. The van der Waals surface area contributed by atoms with Crippen LogP contribution in [0.3, 0.4) is 0 Å². The van der Waals surface area contributed by atoms with Gasteiger partial charge < -0.3 is 0 Å². The molecule has 3 aromatic carbocycles. The van der Waals surface area contributed by atoms with E-state index < -0.39 is 8.07 Å². The third kappa shape index (κ3) is 3.52. The number of aryl methyl sites for hydroxylation is 2. The lowest BCUT2D eigenvalue weighted by Gasteiger charge is -2.22. The summed E-state index contributed by atoms with van der Waals surface area (Å²) in [5.74, 6) is 0. The summed E-state index contributed by atoms with van der Waals surface area (Å²) in [6, 6.07) is 26.4. The lowest BCUT2D eigenvalue weighted by Crippen LogP contribution is -2.39. The molecular weight excluding hydrogens is 354 g/mol. The summed E-state index contributed by atoms with van der Waals surface area (Å²) in [6.07, 6.45) is 0. The summed E-state index contributed by atoms with van der Waals surface area (Å²) in [4.78, 5) is 5.04. The first-order valence-corrected chi connectivity index (χ1v) is 13.4. The van der Waals surface area contributed by atoms with Crippen LogP contribution >= 0.6 is 0 Å². The number of hydrogen-bond acceptors (Lipinski definition) is 1. The SMILES string of the molecule is Cc1ccc(-c2ccc3cc([Si](C)(C)C)c(-c4ccccc4)cc3n2)cc1C. The molecule has 0 aliphatic heterocycles. The van der Waals surface area contributed by atoms with Crippen molar-refractivity contribution in [3.8, 4) is 22.4 Å². The van der Waals surface area contributed by atoms with E-state index in [0.29, 0.717) is 0 Å². The van der Waals surface area contributed by atoms with Crippen molar-refractivity contribution in [3.63, 3.8) is 0 Å². The molecule has 1 aromatic heterocycles. The smallest absolute Gasteiger partial charge is 0.0784 e. The predicted octanol–water partition coefficient (Wildman–Crippen LogP) is 6.73. The fourth-order valence-corrected chi connectivity index (χ4v) is 5.32. The molecule has 1 heterocycles. The third-order valence-corrected chi connectivity index (χ3v) is 7.55. The molecule has 140 valence electrons. The number of pyridine rings is 1. The number of nitrogens with zero attached hydrogens (tertiary/aromatic N) is 1. The van der Waals surface area contributed by atoms with Crippen molar-refractivity contribution in [2.24, 2.45) is 0 Å². The molecule has 1 nitrogen and oxygen atoms in total. The minimum Gasteiger partial charge on any atom is -0.248 e. The van der Waals surface area contributed by atoms with Gasteiger partial charge in [0, 0.05) is 10.9 Å². The summed E-state index contributed by atoms with van der Waals surface area (Å²) in [6.45, 7) is 11.6. The van der Waals surface area contributed by atoms with Gasteiger partial charge in [-0.05, 0) is 54.3 Å². The van der Waals surface area contributed by atoms with E-state index in [-0.39, 0.29) is 0 Å². The highest BCUT2D eigenvalue weighted by atomic mass is 28.3. The van der Waals surface area contributed by atoms with E-state index in [1.54, 1.807) is 0 Å². The number of fused-ring (bicyclic) bond motifs is 1. The van der Waals surface area contributed by atoms with Crippen LogP contribution in [0.2, 0.25) is 19.6 Å². The zero-order valence-corrected chi connectivity index (χ0v) is 18.4. The molecule has 0 N–H and O–H groups in total. The van der Waals surface area contributed by atoms with Crippen LogP contribution < -0.4 is 5.19 Å². The maximum absolute atomic E-state index is 5.04. The Labute approximate surface area is 169 Å². The average Bonchev–Trinajstić information content (AvgIpc) is 2.68. The summed E-state index contributed by atoms with van der Waals surface area (Å²) >= 11 is 0. The molecule has 0 aliphatic rings. The van der Waals surface area contributed by atoms with Gasteiger partial charge in [-0.2, -0.15) is 0 Å². The molecule has 0 unspecified atom stereocenters. The minimum absolute atomic E-state index is 1.04. The molecule has 4 rings (SSSR count). The average molecular weight is 382 g/mol. The highest BCUT2D eigenvalue weighted by Gasteiger charge is 2.22. The van der Waals surface area contributed by atoms with Crippen molar-refractivity contribution in [2.75, 3.05) is 0 Å². The second kappa shape index (κ2) is 7.03. The molecule has 0 spiro atoms. The van der Waals surface area contributed by atoms with Crippen LogP contribution in [0.1, 0.15) is 11.1 Å². The van der Waals surface area contributed by atoms with Gasteiger partial charge in [-0.1, -0.05) is 79.4 Å². The lowest BCUT2D eigenvalue weighted by atomic mass is 10.0. The van der Waals surface area contributed by atoms with Crippen molar-refractivity contribution < 1.29 is 0 Å². The van der Waals surface area contributed by atoms with E-state index in [9.17, 15) is 0 Å². The second-order valence-corrected chi connectivity index (χ2v) is 13.7. The topological polar surface area (TPSA) is 12.9 Å². The Kier molecular flexibility index (Phi) is 4.68. The van der Waals surface area contributed by atoms with Gasteiger partial charge in [0.1, 0.15) is 0 Å². The predicted molar refractivity (Wildman–Crippen MR) is 125 cm³/mol. The van der Waals surface area contributed by atoms with Crippen LogP contribution in [-0.2, 0) is 0 Å². The zero-order valence-electron chi connectivity index (χ0n) is 17.4. The Bertz CT molecular complexity index is 1150. The van der Waals surface area contributed by atoms with E-state index in [0.717, 1.165) is 11.2 Å². The highest BCUT2D eigenvalue weighted by molar-refractivity contribution is 6.89. The quantitative estimate of drug-likeness (QED) is 0.358. The molecule has 0 atom stereocenters. The van der Waals surface area contributed by atoms with Gasteiger partial charge in [-0.25, -0.2) is 4.98 Å². The number of benzene rings is 3. The first-order valence-electron chi connectivity index (χ1n) is 9.91. The van der Waals surface area contributed by atoms with Gasteiger partial charge in [-0.15, -0.1) is 0 Å². The Hall–Kier alpha value is -2.71. The van der Waals surface area contributed by atoms with Crippen molar-refractivity contribution in [3.05, 3.63) is 83.9 Å². The molecular formula is C26H27NSi. The van der Waals surface area contributed by atoms with Gasteiger partial charge in [0.2, 0.25) is 0 Å². The van der Waals surface area contributed by atoms with Gasteiger partial charge >= 0.3 is 0 Å². The maximum Gasteiger partial charge on any atom is 0.0784 e. The highest BCUT2D eigenvalue weighted by Crippen LogP contribution is 2.28. The monoisotopic (exact) mass is 381 g/mol. The van der Waals surface area contributed by atoms with E-state index in [1.807, 2.05) is 0 Å². The molecule has 4 aromatic rings. The van der Waals surface area contributed by atoms with E-state index >= 15 is 0 Å². The molecule has 0 aliphatic carbocycles. The van der Waals surface area contributed by atoms with Gasteiger partial charge in [0.05, 0.1) is 19.3 Å². The zero-order chi connectivity index (χ0) is 19.9. The van der Waals surface area contributed by atoms with E-state index in [4.69, 9.17) is 4.98 Å². The molecule has 0 radical (unpaired) electrons. The van der Waals surface area contributed by atoms with Crippen molar-refractivity contribution in [1.82, 2.24) is 4.98 Å². The molecule has 2 heteroatoms. The molecule has 0 saturated heterocycles. The molecule has 0 saturated carbocycles. The minimum atomic E-state index is -1.50. The Balaban J connectivity index is 1.93.